The normalized spacial score (nSPS) is 16.2. The van der Waals surface area contributed by atoms with Crippen LogP contribution in [0.5, 0.6) is 0 Å². The number of hydrogen-bond donors (Lipinski definition) is 1. The van der Waals surface area contributed by atoms with Crippen molar-refractivity contribution in [3.8, 4) is 0 Å². The van der Waals surface area contributed by atoms with E-state index >= 15 is 0 Å². The zero-order chi connectivity index (χ0) is 16.1. The van der Waals surface area contributed by atoms with Crippen molar-refractivity contribution in [2.75, 3.05) is 23.3 Å². The van der Waals surface area contributed by atoms with Gasteiger partial charge in [0.1, 0.15) is 18.0 Å². The van der Waals surface area contributed by atoms with Crippen molar-refractivity contribution in [2.45, 2.75) is 45.6 Å². The first-order valence-electron chi connectivity index (χ1n) is 8.53. The zero-order valence-electron chi connectivity index (χ0n) is 14.0. The Bertz CT molecular complexity index is 637. The molecule has 3 heterocycles. The molecule has 0 spiro atoms. The molecule has 1 aliphatic heterocycles. The molecular weight excluding hydrogens is 286 g/mol. The van der Waals surface area contributed by atoms with Gasteiger partial charge in [-0.1, -0.05) is 13.0 Å². The average Bonchev–Trinajstić information content (AvgIpc) is 2.61. The van der Waals surface area contributed by atoms with Crippen molar-refractivity contribution in [1.29, 1.82) is 0 Å². The number of aryl methyl sites for hydroxylation is 1. The monoisotopic (exact) mass is 311 g/mol. The Hall–Kier alpha value is -2.17. The molecule has 2 aromatic rings. The Morgan fingerprint density at radius 2 is 2.00 bits per heavy atom. The first-order chi connectivity index (χ1) is 11.3. The summed E-state index contributed by atoms with van der Waals surface area (Å²) in [6.45, 7) is 6.45. The summed E-state index contributed by atoms with van der Waals surface area (Å²) in [5.74, 6) is 1.90. The number of anilines is 2. The molecule has 0 radical (unpaired) electrons. The van der Waals surface area contributed by atoms with Gasteiger partial charge in [0, 0.05) is 25.4 Å². The molecule has 1 N–H and O–H groups in total. The van der Waals surface area contributed by atoms with Gasteiger partial charge >= 0.3 is 0 Å². The van der Waals surface area contributed by atoms with Gasteiger partial charge in [-0.15, -0.1) is 0 Å². The Labute approximate surface area is 138 Å². The number of aromatic nitrogens is 3. The highest BCUT2D eigenvalue weighted by Crippen LogP contribution is 2.24. The van der Waals surface area contributed by atoms with Crippen molar-refractivity contribution in [3.63, 3.8) is 0 Å². The molecular formula is C18H25N5. The Balaban J connectivity index is 1.77. The summed E-state index contributed by atoms with van der Waals surface area (Å²) >= 11 is 0. The topological polar surface area (TPSA) is 53.9 Å². The fourth-order valence-corrected chi connectivity index (χ4v) is 3.13. The summed E-state index contributed by atoms with van der Waals surface area (Å²) in [6.07, 6.45) is 8.29. The number of pyridine rings is 1. The molecule has 1 atom stereocenters. The van der Waals surface area contributed by atoms with Crippen LogP contribution >= 0.6 is 0 Å². The Morgan fingerprint density at radius 3 is 2.74 bits per heavy atom. The van der Waals surface area contributed by atoms with Crippen LogP contribution in [0.25, 0.3) is 0 Å². The first-order valence-corrected chi connectivity index (χ1v) is 8.53. The summed E-state index contributed by atoms with van der Waals surface area (Å²) in [4.78, 5) is 15.7. The van der Waals surface area contributed by atoms with Crippen LogP contribution in [0.15, 0.2) is 30.7 Å². The highest BCUT2D eigenvalue weighted by Gasteiger charge is 2.16. The minimum absolute atomic E-state index is 0.167. The lowest BCUT2D eigenvalue weighted by molar-refractivity contribution is 0.573. The summed E-state index contributed by atoms with van der Waals surface area (Å²) < 4.78 is 0. The van der Waals surface area contributed by atoms with Gasteiger partial charge in [-0.2, -0.15) is 0 Å². The van der Waals surface area contributed by atoms with E-state index in [0.717, 1.165) is 36.8 Å². The summed E-state index contributed by atoms with van der Waals surface area (Å²) in [6, 6.07) is 6.31. The lowest BCUT2D eigenvalue weighted by Crippen LogP contribution is -2.30. The van der Waals surface area contributed by atoms with Gasteiger partial charge in [0.05, 0.1) is 11.7 Å². The van der Waals surface area contributed by atoms with Crippen LogP contribution in [0, 0.1) is 6.92 Å². The molecule has 23 heavy (non-hydrogen) atoms. The SMILES string of the molecule is CC[C@H](Nc1cc(N2CCCCC2)ncn1)c1ncccc1C. The molecule has 0 aliphatic carbocycles. The first kappa shape index (κ1) is 15.7. The highest BCUT2D eigenvalue weighted by atomic mass is 15.2. The molecule has 2 aromatic heterocycles. The highest BCUT2D eigenvalue weighted by molar-refractivity contribution is 5.49. The van der Waals surface area contributed by atoms with Crippen molar-refractivity contribution < 1.29 is 0 Å². The minimum atomic E-state index is 0.167. The Morgan fingerprint density at radius 1 is 1.17 bits per heavy atom. The van der Waals surface area contributed by atoms with E-state index in [1.54, 1.807) is 6.33 Å². The van der Waals surface area contributed by atoms with Gasteiger partial charge in [0.15, 0.2) is 0 Å². The van der Waals surface area contributed by atoms with Crippen LogP contribution in [0.3, 0.4) is 0 Å². The summed E-state index contributed by atoms with van der Waals surface area (Å²) in [5.41, 5.74) is 2.30. The predicted octanol–water partition coefficient (Wildman–Crippen LogP) is 3.73. The van der Waals surface area contributed by atoms with E-state index < -0.39 is 0 Å². The summed E-state index contributed by atoms with van der Waals surface area (Å²) in [5, 5.41) is 3.53. The quantitative estimate of drug-likeness (QED) is 0.911. The van der Waals surface area contributed by atoms with Gasteiger partial charge in [-0.25, -0.2) is 9.97 Å². The van der Waals surface area contributed by atoms with Crippen molar-refractivity contribution in [3.05, 3.63) is 42.0 Å². The second kappa shape index (κ2) is 7.40. The van der Waals surface area contributed by atoms with E-state index in [9.17, 15) is 0 Å². The van der Waals surface area contributed by atoms with Crippen LogP contribution in [0.1, 0.15) is 49.9 Å². The lowest BCUT2D eigenvalue weighted by atomic mass is 10.1. The Kier molecular flexibility index (Phi) is 5.05. The van der Waals surface area contributed by atoms with Crippen LogP contribution in [0.4, 0.5) is 11.6 Å². The van der Waals surface area contributed by atoms with Crippen LogP contribution < -0.4 is 10.2 Å². The van der Waals surface area contributed by atoms with Gasteiger partial charge in [0.2, 0.25) is 0 Å². The molecule has 0 amide bonds. The second-order valence-corrected chi connectivity index (χ2v) is 6.12. The molecule has 5 heteroatoms. The average molecular weight is 311 g/mol. The van der Waals surface area contributed by atoms with E-state index in [1.165, 1.54) is 24.8 Å². The predicted molar refractivity (Wildman–Crippen MR) is 93.7 cm³/mol. The number of piperidine rings is 1. The molecule has 3 rings (SSSR count). The molecule has 122 valence electrons. The number of nitrogens with zero attached hydrogens (tertiary/aromatic N) is 4. The van der Waals surface area contributed by atoms with Crippen molar-refractivity contribution in [2.24, 2.45) is 0 Å². The fourth-order valence-electron chi connectivity index (χ4n) is 3.13. The van der Waals surface area contributed by atoms with Gasteiger partial charge in [-0.05, 0) is 44.2 Å². The largest absolute Gasteiger partial charge is 0.362 e. The standard InChI is InChI=1S/C18H25N5/c1-3-15(18-14(2)8-7-9-19-18)22-16-12-17(21-13-20-16)23-10-5-4-6-11-23/h7-9,12-13,15H,3-6,10-11H2,1-2H3,(H,20,21,22)/t15-/m0/s1. The second-order valence-electron chi connectivity index (χ2n) is 6.12. The fraction of sp³-hybridized carbons (Fsp3) is 0.500. The number of hydrogen-bond acceptors (Lipinski definition) is 5. The molecule has 0 unspecified atom stereocenters. The van der Waals surface area contributed by atoms with Crippen LogP contribution in [-0.2, 0) is 0 Å². The third kappa shape index (κ3) is 3.78. The van der Waals surface area contributed by atoms with E-state index in [0.29, 0.717) is 0 Å². The van der Waals surface area contributed by atoms with Gasteiger partial charge in [0.25, 0.3) is 0 Å². The molecule has 0 bridgehead atoms. The maximum atomic E-state index is 4.54. The minimum Gasteiger partial charge on any atom is -0.362 e. The molecule has 0 saturated carbocycles. The molecule has 1 saturated heterocycles. The van der Waals surface area contributed by atoms with Crippen LogP contribution in [-0.4, -0.2) is 28.0 Å². The van der Waals surface area contributed by atoms with Crippen molar-refractivity contribution in [1.82, 2.24) is 15.0 Å². The number of rotatable bonds is 5. The van der Waals surface area contributed by atoms with E-state index in [-0.39, 0.29) is 6.04 Å². The number of nitrogens with one attached hydrogen (secondary N) is 1. The van der Waals surface area contributed by atoms with Gasteiger partial charge < -0.3 is 10.2 Å². The van der Waals surface area contributed by atoms with E-state index in [1.807, 2.05) is 12.3 Å². The summed E-state index contributed by atoms with van der Waals surface area (Å²) in [7, 11) is 0. The molecule has 1 fully saturated rings. The third-order valence-corrected chi connectivity index (χ3v) is 4.44. The maximum Gasteiger partial charge on any atom is 0.134 e. The lowest BCUT2D eigenvalue weighted by Gasteiger charge is -2.28. The van der Waals surface area contributed by atoms with E-state index in [2.05, 4.69) is 51.1 Å². The molecule has 1 aliphatic rings. The zero-order valence-corrected chi connectivity index (χ0v) is 14.0. The maximum absolute atomic E-state index is 4.54. The van der Waals surface area contributed by atoms with E-state index in [4.69, 9.17) is 0 Å². The third-order valence-electron chi connectivity index (χ3n) is 4.44. The van der Waals surface area contributed by atoms with Crippen LogP contribution in [0.2, 0.25) is 0 Å². The van der Waals surface area contributed by atoms with Gasteiger partial charge in [-0.3, -0.25) is 4.98 Å². The molecule has 0 aromatic carbocycles. The smallest absolute Gasteiger partial charge is 0.134 e. The molecule has 5 nitrogen and oxygen atoms in total. The van der Waals surface area contributed by atoms with Crippen molar-refractivity contribution >= 4 is 11.6 Å².